The van der Waals surface area contributed by atoms with Crippen molar-refractivity contribution in [2.24, 2.45) is 5.92 Å². The third-order valence-electron chi connectivity index (χ3n) is 5.70. The van der Waals surface area contributed by atoms with E-state index >= 15 is 0 Å². The Bertz CT molecular complexity index is 1030. The molecule has 2 heterocycles. The molecule has 0 unspecified atom stereocenters. The second-order valence-electron chi connectivity index (χ2n) is 8.46. The summed E-state index contributed by atoms with van der Waals surface area (Å²) in [5.41, 5.74) is 1.83. The number of hydrogen-bond acceptors (Lipinski definition) is 6. The molecule has 0 saturated carbocycles. The van der Waals surface area contributed by atoms with Gasteiger partial charge in [0.05, 0.1) is 12.3 Å². The molecule has 0 saturated heterocycles. The Morgan fingerprint density at radius 1 is 1.34 bits per heavy atom. The van der Waals surface area contributed by atoms with Gasteiger partial charge in [-0.25, -0.2) is 8.42 Å². The molecule has 32 heavy (non-hydrogen) atoms. The molecule has 2 aromatic rings. The molecule has 1 aliphatic heterocycles. The normalized spacial score (nSPS) is 22.2. The lowest BCUT2D eigenvalue weighted by atomic mass is 10.0. The van der Waals surface area contributed by atoms with E-state index in [-0.39, 0.29) is 30.1 Å². The van der Waals surface area contributed by atoms with E-state index < -0.39 is 16.1 Å². The molecule has 0 fully saturated rings. The summed E-state index contributed by atoms with van der Waals surface area (Å²) in [5.74, 6) is 0.252. The zero-order valence-electron chi connectivity index (χ0n) is 19.2. The minimum atomic E-state index is -3.82. The van der Waals surface area contributed by atoms with Gasteiger partial charge < -0.3 is 9.84 Å². The first kappa shape index (κ1) is 24.4. The van der Waals surface area contributed by atoms with Crippen LogP contribution in [0.15, 0.2) is 53.6 Å². The first-order valence-corrected chi connectivity index (χ1v) is 12.3. The Labute approximate surface area is 191 Å². The number of sulfonamides is 1. The van der Waals surface area contributed by atoms with E-state index in [0.29, 0.717) is 18.8 Å². The summed E-state index contributed by atoms with van der Waals surface area (Å²) < 4.78 is 34.7. The molecule has 3 atom stereocenters. The Balaban J connectivity index is 1.97. The summed E-state index contributed by atoms with van der Waals surface area (Å²) in [6, 6.07) is 10.4. The number of benzene rings is 1. The molecule has 8 heteroatoms. The number of nitrogens with zero attached hydrogens (tertiary/aromatic N) is 3. The number of aliphatic hydroxyl groups is 1. The van der Waals surface area contributed by atoms with Gasteiger partial charge in [0.15, 0.2) is 0 Å². The smallest absolute Gasteiger partial charge is 0.247 e. The number of allylic oxidation sites excluding steroid dienone is 1. The van der Waals surface area contributed by atoms with E-state index in [4.69, 9.17) is 4.74 Å². The van der Waals surface area contributed by atoms with Crippen LogP contribution >= 0.6 is 0 Å². The number of hydrogen-bond donors (Lipinski definition) is 1. The number of ether oxygens (including phenoxy) is 1. The van der Waals surface area contributed by atoms with Gasteiger partial charge in [0.25, 0.3) is 0 Å². The highest BCUT2D eigenvalue weighted by molar-refractivity contribution is 7.89. The van der Waals surface area contributed by atoms with Crippen molar-refractivity contribution in [1.29, 1.82) is 0 Å². The van der Waals surface area contributed by atoms with Crippen molar-refractivity contribution < 1.29 is 18.3 Å². The van der Waals surface area contributed by atoms with Gasteiger partial charge in [-0.1, -0.05) is 31.2 Å². The average Bonchev–Trinajstić information content (AvgIpc) is 2.76. The topological polar surface area (TPSA) is 83.0 Å². The molecule has 0 amide bonds. The van der Waals surface area contributed by atoms with E-state index in [1.165, 1.54) is 4.31 Å². The van der Waals surface area contributed by atoms with Crippen LogP contribution in [0, 0.1) is 5.92 Å². The summed E-state index contributed by atoms with van der Waals surface area (Å²) >= 11 is 0. The summed E-state index contributed by atoms with van der Waals surface area (Å²) in [4.78, 5) is 6.66. The second-order valence-corrected chi connectivity index (χ2v) is 10.3. The van der Waals surface area contributed by atoms with Gasteiger partial charge in [-0.2, -0.15) is 4.31 Å². The predicted octanol–water partition coefficient (Wildman–Crippen LogP) is 3.02. The maximum atomic E-state index is 13.5. The van der Waals surface area contributed by atoms with Crippen LogP contribution in [0.1, 0.15) is 32.0 Å². The molecule has 1 aromatic heterocycles. The van der Waals surface area contributed by atoms with Crippen LogP contribution in [-0.4, -0.2) is 66.6 Å². The molecule has 0 spiro atoms. The standard InChI is InChI=1S/C24H33N3O4S/c1-5-8-20-10-11-24-22(13-20)31-23(16-26(4)15-21-9-6-7-12-25-21)18(2)14-27(19(3)17-28)32(24,29)30/h5-13,18-19,23,28H,14-17H2,1-4H3/b8-5+/t18-,19+,23+/m1/s1. The van der Waals surface area contributed by atoms with Gasteiger partial charge >= 0.3 is 0 Å². The fourth-order valence-corrected chi connectivity index (χ4v) is 5.72. The highest BCUT2D eigenvalue weighted by Crippen LogP contribution is 2.34. The summed E-state index contributed by atoms with van der Waals surface area (Å²) in [7, 11) is -1.81. The van der Waals surface area contributed by atoms with Gasteiger partial charge in [-0.05, 0) is 50.7 Å². The van der Waals surface area contributed by atoms with E-state index in [1.54, 1.807) is 31.3 Å². The molecular formula is C24H33N3O4S. The first-order valence-electron chi connectivity index (χ1n) is 10.9. The summed E-state index contributed by atoms with van der Waals surface area (Å²) in [6.45, 7) is 6.91. The average molecular weight is 460 g/mol. The fourth-order valence-electron chi connectivity index (χ4n) is 3.90. The Kier molecular flexibility index (Phi) is 8.05. The predicted molar refractivity (Wildman–Crippen MR) is 126 cm³/mol. The maximum Gasteiger partial charge on any atom is 0.247 e. The highest BCUT2D eigenvalue weighted by atomic mass is 32.2. The molecule has 1 aliphatic rings. The van der Waals surface area contributed by atoms with Gasteiger partial charge in [-0.3, -0.25) is 9.88 Å². The van der Waals surface area contributed by atoms with Crippen LogP contribution in [0.3, 0.4) is 0 Å². The van der Waals surface area contributed by atoms with Crippen LogP contribution in [0.2, 0.25) is 0 Å². The van der Waals surface area contributed by atoms with Crippen LogP contribution < -0.4 is 4.74 Å². The second kappa shape index (κ2) is 10.6. The number of aliphatic hydroxyl groups excluding tert-OH is 1. The monoisotopic (exact) mass is 459 g/mol. The van der Waals surface area contributed by atoms with Gasteiger partial charge in [0.2, 0.25) is 10.0 Å². The molecule has 0 bridgehead atoms. The summed E-state index contributed by atoms with van der Waals surface area (Å²) in [5, 5.41) is 9.74. The van der Waals surface area contributed by atoms with Gasteiger partial charge in [0.1, 0.15) is 16.7 Å². The van der Waals surface area contributed by atoms with E-state index in [0.717, 1.165) is 11.3 Å². The Hall–Kier alpha value is -2.26. The SMILES string of the molecule is C/C=C/c1ccc2c(c1)O[C@@H](CN(C)Cc1ccccn1)[C@H](C)CN([C@@H](C)CO)S2(=O)=O. The lowest BCUT2D eigenvalue weighted by Gasteiger charge is -2.37. The third-order valence-corrected chi connectivity index (χ3v) is 7.72. The number of rotatable bonds is 7. The molecule has 0 aliphatic carbocycles. The van der Waals surface area contributed by atoms with Crippen molar-refractivity contribution in [3.63, 3.8) is 0 Å². The summed E-state index contributed by atoms with van der Waals surface area (Å²) in [6.07, 6.45) is 5.34. The number of likely N-dealkylation sites (N-methyl/N-ethyl adjacent to an activating group) is 1. The van der Waals surface area contributed by atoms with E-state index in [1.807, 2.05) is 51.2 Å². The molecule has 1 N–H and O–H groups in total. The van der Waals surface area contributed by atoms with Crippen LogP contribution in [0.5, 0.6) is 5.75 Å². The molecule has 1 aromatic carbocycles. The van der Waals surface area contributed by atoms with E-state index in [2.05, 4.69) is 9.88 Å². The number of aromatic nitrogens is 1. The molecular weight excluding hydrogens is 426 g/mol. The largest absolute Gasteiger partial charge is 0.487 e. The van der Waals surface area contributed by atoms with E-state index in [9.17, 15) is 13.5 Å². The first-order chi connectivity index (χ1) is 15.3. The van der Waals surface area contributed by atoms with Crippen LogP contribution in [0.25, 0.3) is 6.08 Å². The minimum Gasteiger partial charge on any atom is -0.487 e. The number of fused-ring (bicyclic) bond motifs is 1. The highest BCUT2D eigenvalue weighted by Gasteiger charge is 2.38. The molecule has 0 radical (unpaired) electrons. The van der Waals surface area contributed by atoms with Crippen molar-refractivity contribution in [2.45, 2.75) is 44.4 Å². The van der Waals surface area contributed by atoms with Crippen molar-refractivity contribution in [3.05, 3.63) is 59.9 Å². The van der Waals surface area contributed by atoms with Gasteiger partial charge in [0, 0.05) is 37.8 Å². The lowest BCUT2D eigenvalue weighted by molar-refractivity contribution is 0.0730. The van der Waals surface area contributed by atoms with Gasteiger partial charge in [-0.15, -0.1) is 0 Å². The third kappa shape index (κ3) is 5.56. The number of pyridine rings is 1. The van der Waals surface area contributed by atoms with Crippen LogP contribution in [-0.2, 0) is 16.6 Å². The zero-order valence-corrected chi connectivity index (χ0v) is 20.0. The molecule has 174 valence electrons. The molecule has 3 rings (SSSR count). The van der Waals surface area contributed by atoms with Crippen LogP contribution in [0.4, 0.5) is 0 Å². The van der Waals surface area contributed by atoms with Crippen molar-refractivity contribution >= 4 is 16.1 Å². The van der Waals surface area contributed by atoms with Crippen molar-refractivity contribution in [1.82, 2.24) is 14.2 Å². The van der Waals surface area contributed by atoms with Crippen molar-refractivity contribution in [3.8, 4) is 5.75 Å². The lowest BCUT2D eigenvalue weighted by Crippen LogP contribution is -2.49. The fraction of sp³-hybridized carbons (Fsp3) is 0.458. The molecule has 7 nitrogen and oxygen atoms in total. The van der Waals surface area contributed by atoms with Crippen molar-refractivity contribution in [2.75, 3.05) is 26.7 Å². The minimum absolute atomic E-state index is 0.0940. The maximum absolute atomic E-state index is 13.5. The Morgan fingerprint density at radius 2 is 2.12 bits per heavy atom. The quantitative estimate of drug-likeness (QED) is 0.685. The Morgan fingerprint density at radius 3 is 2.78 bits per heavy atom. The zero-order chi connectivity index (χ0) is 23.3.